The lowest BCUT2D eigenvalue weighted by atomic mass is 10.1. The zero-order valence-electron chi connectivity index (χ0n) is 10.3. The first kappa shape index (κ1) is 13.0. The Bertz CT molecular complexity index is 558. The maximum Gasteiger partial charge on any atom is 0.252 e. The summed E-state index contributed by atoms with van der Waals surface area (Å²) in [6, 6.07) is 12.3. The number of primary amides is 1. The van der Waals surface area contributed by atoms with Gasteiger partial charge in [0.05, 0.1) is 18.2 Å². The first-order valence-corrected chi connectivity index (χ1v) is 5.89. The number of nitrogens with one attached hydrogen (secondary N) is 1. The highest BCUT2D eigenvalue weighted by atomic mass is 16.3. The van der Waals surface area contributed by atoms with Crippen molar-refractivity contribution < 1.29 is 9.90 Å². The van der Waals surface area contributed by atoms with E-state index in [-0.39, 0.29) is 12.6 Å². The minimum absolute atomic E-state index is 0.112. The van der Waals surface area contributed by atoms with Crippen LogP contribution in [-0.4, -0.2) is 22.6 Å². The Kier molecular flexibility index (Phi) is 4.10. The fourth-order valence-corrected chi connectivity index (χ4v) is 1.80. The summed E-state index contributed by atoms with van der Waals surface area (Å²) in [6.45, 7) is -0.112. The molecule has 1 atom stereocenters. The molecule has 1 heterocycles. The third-order valence-electron chi connectivity index (χ3n) is 2.77. The van der Waals surface area contributed by atoms with Gasteiger partial charge in [0, 0.05) is 6.20 Å². The molecular weight excluding hydrogens is 242 g/mol. The van der Waals surface area contributed by atoms with Crippen LogP contribution in [0.1, 0.15) is 22.0 Å². The zero-order valence-corrected chi connectivity index (χ0v) is 10.3. The van der Waals surface area contributed by atoms with Crippen molar-refractivity contribution in [2.45, 2.75) is 6.04 Å². The summed E-state index contributed by atoms with van der Waals surface area (Å²) in [4.78, 5) is 15.4. The van der Waals surface area contributed by atoms with E-state index >= 15 is 0 Å². The van der Waals surface area contributed by atoms with Crippen molar-refractivity contribution in [1.29, 1.82) is 0 Å². The molecule has 2 aromatic rings. The van der Waals surface area contributed by atoms with Gasteiger partial charge in [0.25, 0.3) is 5.91 Å². The van der Waals surface area contributed by atoms with Crippen LogP contribution in [0.3, 0.4) is 0 Å². The lowest BCUT2D eigenvalue weighted by Crippen LogP contribution is -2.20. The quantitative estimate of drug-likeness (QED) is 0.754. The van der Waals surface area contributed by atoms with E-state index in [0.29, 0.717) is 11.4 Å². The molecule has 0 aliphatic carbocycles. The van der Waals surface area contributed by atoms with Gasteiger partial charge in [-0.1, -0.05) is 30.3 Å². The van der Waals surface area contributed by atoms with Crippen molar-refractivity contribution in [3.63, 3.8) is 0 Å². The molecule has 2 rings (SSSR count). The van der Waals surface area contributed by atoms with Crippen LogP contribution >= 0.6 is 0 Å². The Morgan fingerprint density at radius 3 is 2.63 bits per heavy atom. The van der Waals surface area contributed by atoms with Gasteiger partial charge in [-0.2, -0.15) is 0 Å². The number of aromatic nitrogens is 1. The van der Waals surface area contributed by atoms with E-state index in [1.165, 1.54) is 0 Å². The van der Waals surface area contributed by atoms with Gasteiger partial charge in [0.15, 0.2) is 0 Å². The van der Waals surface area contributed by atoms with E-state index in [9.17, 15) is 9.90 Å². The van der Waals surface area contributed by atoms with Crippen LogP contribution in [0, 0.1) is 0 Å². The molecule has 0 saturated heterocycles. The van der Waals surface area contributed by atoms with Crippen LogP contribution in [0.4, 0.5) is 5.82 Å². The number of aliphatic hydroxyl groups is 1. The topological polar surface area (TPSA) is 88.2 Å². The zero-order chi connectivity index (χ0) is 13.7. The van der Waals surface area contributed by atoms with Crippen molar-refractivity contribution in [3.8, 4) is 0 Å². The molecule has 1 unspecified atom stereocenters. The lowest BCUT2D eigenvalue weighted by Gasteiger charge is -2.18. The fourth-order valence-electron chi connectivity index (χ4n) is 1.80. The standard InChI is InChI=1S/C14H15N3O2/c15-13(19)11-7-4-8-16-14(11)17-12(9-18)10-5-2-1-3-6-10/h1-8,12,18H,9H2,(H2,15,19)(H,16,17). The maximum atomic E-state index is 11.3. The van der Waals surface area contributed by atoms with Crippen LogP contribution in [-0.2, 0) is 0 Å². The molecule has 19 heavy (non-hydrogen) atoms. The summed E-state index contributed by atoms with van der Waals surface area (Å²) in [6.07, 6.45) is 1.56. The molecule has 5 nitrogen and oxygen atoms in total. The molecule has 0 spiro atoms. The van der Waals surface area contributed by atoms with Crippen LogP contribution in [0.25, 0.3) is 0 Å². The third kappa shape index (κ3) is 3.08. The second-order valence-electron chi connectivity index (χ2n) is 4.05. The molecule has 0 radical (unpaired) electrons. The van der Waals surface area contributed by atoms with E-state index in [1.807, 2.05) is 30.3 Å². The number of aliphatic hydroxyl groups excluding tert-OH is 1. The van der Waals surface area contributed by atoms with Crippen LogP contribution in [0.2, 0.25) is 0 Å². The van der Waals surface area contributed by atoms with Gasteiger partial charge in [-0.15, -0.1) is 0 Å². The first-order valence-electron chi connectivity index (χ1n) is 5.89. The Labute approximate surface area is 111 Å². The van der Waals surface area contributed by atoms with Crippen LogP contribution in [0.5, 0.6) is 0 Å². The molecule has 4 N–H and O–H groups in total. The molecular formula is C14H15N3O2. The molecule has 0 bridgehead atoms. The number of carbonyl (C=O) groups excluding carboxylic acids is 1. The number of nitrogens with zero attached hydrogens (tertiary/aromatic N) is 1. The predicted molar refractivity (Wildman–Crippen MR) is 72.6 cm³/mol. The molecule has 0 fully saturated rings. The van der Waals surface area contributed by atoms with E-state index in [2.05, 4.69) is 10.3 Å². The fraction of sp³-hybridized carbons (Fsp3) is 0.143. The normalized spacial score (nSPS) is 11.8. The molecule has 0 aliphatic heterocycles. The van der Waals surface area contributed by atoms with Gasteiger partial charge in [-0.05, 0) is 17.7 Å². The number of hydrogen-bond donors (Lipinski definition) is 3. The Balaban J connectivity index is 2.27. The summed E-state index contributed by atoms with van der Waals surface area (Å²) in [5.74, 6) is -0.182. The lowest BCUT2D eigenvalue weighted by molar-refractivity contribution is 0.100. The summed E-state index contributed by atoms with van der Waals surface area (Å²) in [5.41, 5.74) is 6.50. The van der Waals surface area contributed by atoms with Gasteiger partial charge in [0.1, 0.15) is 5.82 Å². The summed E-state index contributed by atoms with van der Waals surface area (Å²) in [5, 5.41) is 12.5. The van der Waals surface area contributed by atoms with Crippen molar-refractivity contribution in [3.05, 3.63) is 59.8 Å². The summed E-state index contributed by atoms with van der Waals surface area (Å²) >= 11 is 0. The SMILES string of the molecule is NC(=O)c1cccnc1NC(CO)c1ccccc1. The predicted octanol–water partition coefficient (Wildman–Crippen LogP) is 1.33. The van der Waals surface area contributed by atoms with Crippen molar-refractivity contribution in [2.75, 3.05) is 11.9 Å². The van der Waals surface area contributed by atoms with Crippen molar-refractivity contribution in [2.24, 2.45) is 5.73 Å². The summed E-state index contributed by atoms with van der Waals surface area (Å²) < 4.78 is 0. The van der Waals surface area contributed by atoms with Gasteiger partial charge in [-0.25, -0.2) is 4.98 Å². The van der Waals surface area contributed by atoms with Crippen LogP contribution < -0.4 is 11.1 Å². The monoisotopic (exact) mass is 257 g/mol. The number of amides is 1. The summed E-state index contributed by atoms with van der Waals surface area (Å²) in [7, 11) is 0. The molecule has 1 amide bonds. The highest BCUT2D eigenvalue weighted by Crippen LogP contribution is 2.20. The average molecular weight is 257 g/mol. The average Bonchev–Trinajstić information content (AvgIpc) is 2.46. The van der Waals surface area contributed by atoms with E-state index < -0.39 is 5.91 Å². The van der Waals surface area contributed by atoms with E-state index in [1.54, 1.807) is 18.3 Å². The Hall–Kier alpha value is -2.40. The number of anilines is 1. The maximum absolute atomic E-state index is 11.3. The molecule has 0 aliphatic rings. The highest BCUT2D eigenvalue weighted by molar-refractivity contribution is 5.97. The van der Waals surface area contributed by atoms with E-state index in [4.69, 9.17) is 5.73 Å². The number of rotatable bonds is 5. The number of hydrogen-bond acceptors (Lipinski definition) is 4. The van der Waals surface area contributed by atoms with E-state index in [0.717, 1.165) is 5.56 Å². The Morgan fingerprint density at radius 2 is 2.00 bits per heavy atom. The van der Waals surface area contributed by atoms with Crippen LogP contribution in [0.15, 0.2) is 48.7 Å². The van der Waals surface area contributed by atoms with Gasteiger partial charge >= 0.3 is 0 Å². The van der Waals surface area contributed by atoms with Crippen molar-refractivity contribution >= 4 is 11.7 Å². The number of benzene rings is 1. The minimum atomic E-state index is -0.555. The Morgan fingerprint density at radius 1 is 1.26 bits per heavy atom. The largest absolute Gasteiger partial charge is 0.394 e. The smallest absolute Gasteiger partial charge is 0.252 e. The van der Waals surface area contributed by atoms with Crippen molar-refractivity contribution in [1.82, 2.24) is 4.98 Å². The second kappa shape index (κ2) is 5.97. The van der Waals surface area contributed by atoms with Gasteiger partial charge in [-0.3, -0.25) is 4.79 Å². The van der Waals surface area contributed by atoms with Gasteiger partial charge in [0.2, 0.25) is 0 Å². The number of nitrogens with two attached hydrogens (primary N) is 1. The second-order valence-corrected chi connectivity index (χ2v) is 4.05. The number of pyridine rings is 1. The third-order valence-corrected chi connectivity index (χ3v) is 2.77. The van der Waals surface area contributed by atoms with Gasteiger partial charge < -0.3 is 16.2 Å². The molecule has 1 aromatic carbocycles. The number of carbonyl (C=O) groups is 1. The minimum Gasteiger partial charge on any atom is -0.394 e. The molecule has 98 valence electrons. The molecule has 0 saturated carbocycles. The molecule has 1 aromatic heterocycles. The first-order chi connectivity index (χ1) is 9.22. The molecule has 5 heteroatoms. The highest BCUT2D eigenvalue weighted by Gasteiger charge is 2.14.